The van der Waals surface area contributed by atoms with Crippen molar-refractivity contribution in [3.05, 3.63) is 71.3 Å². The number of likely N-dealkylation sites (tertiary alicyclic amines) is 1. The summed E-state index contributed by atoms with van der Waals surface area (Å²) in [6, 6.07) is 17.5. The van der Waals surface area contributed by atoms with Gasteiger partial charge in [0.15, 0.2) is 0 Å². The monoisotopic (exact) mass is 327 g/mol. The van der Waals surface area contributed by atoms with E-state index in [-0.39, 0.29) is 18.8 Å². The lowest BCUT2D eigenvalue weighted by Crippen LogP contribution is -2.41. The van der Waals surface area contributed by atoms with Crippen molar-refractivity contribution in [2.24, 2.45) is 0 Å². The van der Waals surface area contributed by atoms with E-state index >= 15 is 0 Å². The topological polar surface area (TPSA) is 63.9 Å². The van der Waals surface area contributed by atoms with E-state index in [1.54, 1.807) is 0 Å². The van der Waals surface area contributed by atoms with Crippen LogP contribution in [0.15, 0.2) is 54.6 Å². The van der Waals surface area contributed by atoms with Gasteiger partial charge in [-0.05, 0) is 29.5 Å². The first-order valence-electron chi connectivity index (χ1n) is 8.53. The van der Waals surface area contributed by atoms with Crippen molar-refractivity contribution in [3.63, 3.8) is 0 Å². The molecule has 1 aliphatic heterocycles. The lowest BCUT2D eigenvalue weighted by atomic mass is 9.90. The van der Waals surface area contributed by atoms with Crippen LogP contribution in [-0.4, -0.2) is 39.4 Å². The lowest BCUT2D eigenvalue weighted by molar-refractivity contribution is 0.0123. The van der Waals surface area contributed by atoms with Gasteiger partial charge in [-0.15, -0.1) is 0 Å². The summed E-state index contributed by atoms with van der Waals surface area (Å²) < 4.78 is 0. The van der Waals surface area contributed by atoms with Gasteiger partial charge >= 0.3 is 0 Å². The van der Waals surface area contributed by atoms with E-state index in [0.717, 1.165) is 23.2 Å². The van der Waals surface area contributed by atoms with Crippen LogP contribution in [0.4, 0.5) is 0 Å². The highest BCUT2D eigenvalue weighted by molar-refractivity contribution is 5.30. The van der Waals surface area contributed by atoms with Crippen LogP contribution in [0, 0.1) is 0 Å². The highest BCUT2D eigenvalue weighted by atomic mass is 16.3. The van der Waals surface area contributed by atoms with Crippen molar-refractivity contribution in [2.45, 2.75) is 37.7 Å². The second-order valence-corrected chi connectivity index (χ2v) is 6.47. The molecule has 0 bridgehead atoms. The first kappa shape index (κ1) is 17.1. The summed E-state index contributed by atoms with van der Waals surface area (Å²) in [4.78, 5) is 2.22. The highest BCUT2D eigenvalue weighted by Crippen LogP contribution is 2.34. The summed E-state index contributed by atoms with van der Waals surface area (Å²) in [5.74, 6) is 0. The molecule has 3 unspecified atom stereocenters. The maximum absolute atomic E-state index is 10.6. The Morgan fingerprint density at radius 1 is 1.04 bits per heavy atom. The van der Waals surface area contributed by atoms with Gasteiger partial charge in [0.25, 0.3) is 0 Å². The first-order chi connectivity index (χ1) is 11.7. The molecule has 0 saturated carbocycles. The van der Waals surface area contributed by atoms with E-state index in [1.807, 2.05) is 54.6 Å². The second-order valence-electron chi connectivity index (χ2n) is 6.47. The Bertz CT molecular complexity index is 646. The Hall–Kier alpha value is -1.72. The van der Waals surface area contributed by atoms with E-state index in [9.17, 15) is 15.3 Å². The molecular formula is C20H25NO3. The van der Waals surface area contributed by atoms with E-state index in [0.29, 0.717) is 19.4 Å². The fourth-order valence-electron chi connectivity index (χ4n) is 3.54. The van der Waals surface area contributed by atoms with Gasteiger partial charge in [0, 0.05) is 19.1 Å². The Balaban J connectivity index is 1.82. The van der Waals surface area contributed by atoms with Crippen LogP contribution in [0.5, 0.6) is 0 Å². The molecule has 0 spiro atoms. The normalized spacial score (nSPS) is 23.1. The SMILES string of the molecule is OCc1ccccc1C1CC(O)CCN1CC(O)c1ccccc1. The van der Waals surface area contributed by atoms with E-state index in [4.69, 9.17) is 0 Å². The van der Waals surface area contributed by atoms with Gasteiger partial charge in [0.2, 0.25) is 0 Å². The Morgan fingerprint density at radius 3 is 2.50 bits per heavy atom. The number of aliphatic hydroxyl groups is 3. The van der Waals surface area contributed by atoms with Gasteiger partial charge in [0.05, 0.1) is 18.8 Å². The number of benzene rings is 2. The minimum Gasteiger partial charge on any atom is -0.393 e. The van der Waals surface area contributed by atoms with Gasteiger partial charge in [-0.2, -0.15) is 0 Å². The Kier molecular flexibility index (Phi) is 5.63. The summed E-state index contributed by atoms with van der Waals surface area (Å²) in [7, 11) is 0. The van der Waals surface area contributed by atoms with Crippen molar-refractivity contribution in [2.75, 3.05) is 13.1 Å². The highest BCUT2D eigenvalue weighted by Gasteiger charge is 2.31. The van der Waals surface area contributed by atoms with Crippen LogP contribution in [0.25, 0.3) is 0 Å². The zero-order valence-electron chi connectivity index (χ0n) is 13.8. The van der Waals surface area contributed by atoms with Crippen molar-refractivity contribution >= 4 is 0 Å². The van der Waals surface area contributed by atoms with Gasteiger partial charge in [-0.3, -0.25) is 4.90 Å². The summed E-state index contributed by atoms with van der Waals surface area (Å²) in [6.07, 6.45) is 0.426. The molecular weight excluding hydrogens is 302 g/mol. The van der Waals surface area contributed by atoms with Crippen LogP contribution in [0.3, 0.4) is 0 Å². The molecule has 1 fully saturated rings. The van der Waals surface area contributed by atoms with E-state index in [2.05, 4.69) is 4.90 Å². The molecule has 1 heterocycles. The van der Waals surface area contributed by atoms with Gasteiger partial charge < -0.3 is 15.3 Å². The Morgan fingerprint density at radius 2 is 1.75 bits per heavy atom. The minimum atomic E-state index is -0.565. The van der Waals surface area contributed by atoms with E-state index < -0.39 is 6.10 Å². The van der Waals surface area contributed by atoms with Crippen LogP contribution < -0.4 is 0 Å². The van der Waals surface area contributed by atoms with Crippen LogP contribution in [0.2, 0.25) is 0 Å². The average Bonchev–Trinajstić information content (AvgIpc) is 2.63. The predicted molar refractivity (Wildman–Crippen MR) is 93.3 cm³/mol. The molecule has 4 nitrogen and oxygen atoms in total. The smallest absolute Gasteiger partial charge is 0.0917 e. The summed E-state index contributed by atoms with van der Waals surface area (Å²) in [6.45, 7) is 1.23. The average molecular weight is 327 g/mol. The first-order valence-corrected chi connectivity index (χ1v) is 8.53. The maximum Gasteiger partial charge on any atom is 0.0917 e. The Labute approximate surface area is 143 Å². The van der Waals surface area contributed by atoms with Crippen LogP contribution in [0.1, 0.15) is 41.7 Å². The molecule has 3 N–H and O–H groups in total. The number of aliphatic hydroxyl groups excluding tert-OH is 3. The number of nitrogens with zero attached hydrogens (tertiary/aromatic N) is 1. The van der Waals surface area contributed by atoms with Crippen molar-refractivity contribution in [1.82, 2.24) is 4.90 Å². The molecule has 1 saturated heterocycles. The molecule has 128 valence electrons. The predicted octanol–water partition coefficient (Wildman–Crippen LogP) is 2.41. The largest absolute Gasteiger partial charge is 0.393 e. The summed E-state index contributed by atoms with van der Waals surface area (Å²) in [5, 5.41) is 30.3. The van der Waals surface area contributed by atoms with Gasteiger partial charge in [-0.1, -0.05) is 54.6 Å². The van der Waals surface area contributed by atoms with Gasteiger partial charge in [0.1, 0.15) is 0 Å². The number of hydrogen-bond acceptors (Lipinski definition) is 4. The summed E-state index contributed by atoms with van der Waals surface area (Å²) >= 11 is 0. The molecule has 0 amide bonds. The summed E-state index contributed by atoms with van der Waals surface area (Å²) in [5.41, 5.74) is 2.83. The molecule has 0 radical (unpaired) electrons. The maximum atomic E-state index is 10.6. The number of β-amino-alcohol motifs (C(OH)–C–C–N with tert-alkyl or cyclic N) is 1. The lowest BCUT2D eigenvalue weighted by Gasteiger charge is -2.40. The molecule has 4 heteroatoms. The van der Waals surface area contributed by atoms with Crippen LogP contribution >= 0.6 is 0 Å². The third-order valence-corrected chi connectivity index (χ3v) is 4.86. The quantitative estimate of drug-likeness (QED) is 0.789. The molecule has 0 aromatic heterocycles. The molecule has 2 aromatic carbocycles. The number of rotatable bonds is 5. The van der Waals surface area contributed by atoms with Crippen molar-refractivity contribution in [3.8, 4) is 0 Å². The van der Waals surface area contributed by atoms with E-state index in [1.165, 1.54) is 0 Å². The fourth-order valence-corrected chi connectivity index (χ4v) is 3.54. The second kappa shape index (κ2) is 7.90. The number of hydrogen-bond donors (Lipinski definition) is 3. The van der Waals surface area contributed by atoms with Crippen molar-refractivity contribution < 1.29 is 15.3 Å². The molecule has 3 rings (SSSR count). The standard InChI is InChI=1S/C20H25NO3/c22-14-16-8-4-5-9-18(16)19-12-17(23)10-11-21(19)13-20(24)15-6-2-1-3-7-15/h1-9,17,19-20,22-24H,10-14H2. The molecule has 3 atom stereocenters. The zero-order chi connectivity index (χ0) is 16.9. The fraction of sp³-hybridized carbons (Fsp3) is 0.400. The number of piperidine rings is 1. The molecule has 24 heavy (non-hydrogen) atoms. The molecule has 2 aromatic rings. The third kappa shape index (κ3) is 3.84. The van der Waals surface area contributed by atoms with Crippen molar-refractivity contribution in [1.29, 1.82) is 0 Å². The zero-order valence-corrected chi connectivity index (χ0v) is 13.8. The third-order valence-electron chi connectivity index (χ3n) is 4.86. The van der Waals surface area contributed by atoms with Crippen LogP contribution in [-0.2, 0) is 6.61 Å². The van der Waals surface area contributed by atoms with Gasteiger partial charge in [-0.25, -0.2) is 0 Å². The minimum absolute atomic E-state index is 0.00969. The molecule has 0 aliphatic carbocycles. The molecule has 1 aliphatic rings.